The van der Waals surface area contributed by atoms with E-state index in [1.807, 2.05) is 0 Å². The lowest BCUT2D eigenvalue weighted by atomic mass is 9.69. The number of allylic oxidation sites excluding steroid dienone is 1. The molecular formula is C16H25ClO. The molecule has 0 bridgehead atoms. The standard InChI is InChI=1S/C16H25ClO/c1-2-3-12-4-6-13(7-5-12)14-8-10-15(11-9-14)16(17)18/h2,12-15H,1,3-11H2. The van der Waals surface area contributed by atoms with Crippen molar-refractivity contribution in [3.63, 3.8) is 0 Å². The van der Waals surface area contributed by atoms with Gasteiger partial charge in [-0.05, 0) is 87.1 Å². The maximum absolute atomic E-state index is 11.2. The summed E-state index contributed by atoms with van der Waals surface area (Å²) in [5.41, 5.74) is 0. The van der Waals surface area contributed by atoms with Crippen LogP contribution >= 0.6 is 11.6 Å². The van der Waals surface area contributed by atoms with Crippen LogP contribution in [0.2, 0.25) is 0 Å². The van der Waals surface area contributed by atoms with Gasteiger partial charge in [-0.3, -0.25) is 4.79 Å². The predicted octanol–water partition coefficient (Wildman–Crippen LogP) is 4.94. The van der Waals surface area contributed by atoms with E-state index < -0.39 is 0 Å². The Hall–Kier alpha value is -0.300. The van der Waals surface area contributed by atoms with E-state index in [0.717, 1.165) is 30.6 Å². The van der Waals surface area contributed by atoms with Crippen LogP contribution in [0.15, 0.2) is 12.7 Å². The monoisotopic (exact) mass is 268 g/mol. The average molecular weight is 269 g/mol. The van der Waals surface area contributed by atoms with Crippen molar-refractivity contribution < 1.29 is 4.79 Å². The number of hydrogen-bond acceptors (Lipinski definition) is 1. The van der Waals surface area contributed by atoms with Gasteiger partial charge in [0.2, 0.25) is 5.24 Å². The Morgan fingerprint density at radius 1 is 1.00 bits per heavy atom. The van der Waals surface area contributed by atoms with Crippen LogP contribution in [0.25, 0.3) is 0 Å². The molecule has 0 spiro atoms. The molecule has 18 heavy (non-hydrogen) atoms. The summed E-state index contributed by atoms with van der Waals surface area (Å²) in [6.07, 6.45) is 13.3. The molecule has 2 aliphatic rings. The fourth-order valence-electron chi connectivity index (χ4n) is 3.95. The summed E-state index contributed by atoms with van der Waals surface area (Å²) in [5, 5.41) is -0.108. The number of hydrogen-bond donors (Lipinski definition) is 0. The number of carbonyl (C=O) groups is 1. The highest BCUT2D eigenvalue weighted by Gasteiger charge is 2.32. The maximum Gasteiger partial charge on any atom is 0.224 e. The molecule has 2 fully saturated rings. The first kappa shape index (κ1) is 14.1. The Bertz CT molecular complexity index is 283. The second kappa shape index (κ2) is 6.75. The molecule has 0 aromatic heterocycles. The summed E-state index contributed by atoms with van der Waals surface area (Å²) in [6, 6.07) is 0. The largest absolute Gasteiger partial charge is 0.281 e. The molecular weight excluding hydrogens is 244 g/mol. The van der Waals surface area contributed by atoms with Gasteiger partial charge >= 0.3 is 0 Å². The van der Waals surface area contributed by atoms with Crippen LogP contribution < -0.4 is 0 Å². The molecule has 2 rings (SSSR count). The van der Waals surface area contributed by atoms with Crippen molar-refractivity contribution in [2.24, 2.45) is 23.7 Å². The zero-order valence-electron chi connectivity index (χ0n) is 11.2. The molecule has 0 heterocycles. The van der Waals surface area contributed by atoms with Crippen LogP contribution in [0.3, 0.4) is 0 Å². The Labute approximate surface area is 116 Å². The third-order valence-electron chi connectivity index (χ3n) is 5.15. The van der Waals surface area contributed by atoms with Crippen molar-refractivity contribution in [3.05, 3.63) is 12.7 Å². The Morgan fingerprint density at radius 2 is 1.50 bits per heavy atom. The van der Waals surface area contributed by atoms with Gasteiger partial charge in [-0.2, -0.15) is 0 Å². The summed E-state index contributed by atoms with van der Waals surface area (Å²) in [5.74, 6) is 2.82. The lowest BCUT2D eigenvalue weighted by Crippen LogP contribution is -2.27. The topological polar surface area (TPSA) is 17.1 Å². The van der Waals surface area contributed by atoms with Crippen LogP contribution in [-0.4, -0.2) is 5.24 Å². The highest BCUT2D eigenvalue weighted by molar-refractivity contribution is 6.63. The van der Waals surface area contributed by atoms with Crippen LogP contribution in [0.4, 0.5) is 0 Å². The molecule has 0 amide bonds. The van der Waals surface area contributed by atoms with Crippen molar-refractivity contribution in [1.29, 1.82) is 0 Å². The second-order valence-corrected chi connectivity index (χ2v) is 6.59. The first-order chi connectivity index (χ1) is 8.70. The zero-order valence-corrected chi connectivity index (χ0v) is 12.0. The molecule has 0 aromatic rings. The molecule has 0 N–H and O–H groups in total. The minimum Gasteiger partial charge on any atom is -0.281 e. The zero-order chi connectivity index (χ0) is 13.0. The van der Waals surface area contributed by atoms with Gasteiger partial charge in [0, 0.05) is 5.92 Å². The van der Waals surface area contributed by atoms with Gasteiger partial charge in [0.1, 0.15) is 0 Å². The van der Waals surface area contributed by atoms with Gasteiger partial charge in [-0.15, -0.1) is 6.58 Å². The van der Waals surface area contributed by atoms with E-state index in [2.05, 4.69) is 12.7 Å². The van der Waals surface area contributed by atoms with Crippen molar-refractivity contribution in [3.8, 4) is 0 Å². The normalized spacial score (nSPS) is 37.2. The van der Waals surface area contributed by atoms with E-state index >= 15 is 0 Å². The van der Waals surface area contributed by atoms with Crippen molar-refractivity contribution >= 4 is 16.8 Å². The summed E-state index contributed by atoms with van der Waals surface area (Å²) in [4.78, 5) is 11.2. The van der Waals surface area contributed by atoms with Gasteiger partial charge in [-0.25, -0.2) is 0 Å². The minimum absolute atomic E-state index is 0.108. The van der Waals surface area contributed by atoms with Gasteiger partial charge in [0.15, 0.2) is 0 Å². The number of carbonyl (C=O) groups excluding carboxylic acids is 1. The molecule has 2 heteroatoms. The van der Waals surface area contributed by atoms with Crippen molar-refractivity contribution in [2.45, 2.75) is 57.8 Å². The Balaban J connectivity index is 1.74. The fourth-order valence-corrected chi connectivity index (χ4v) is 4.17. The van der Waals surface area contributed by atoms with E-state index in [9.17, 15) is 4.79 Å². The van der Waals surface area contributed by atoms with E-state index in [1.54, 1.807) is 0 Å². The SMILES string of the molecule is C=CCC1CCC(C2CCC(C(=O)Cl)CC2)CC1. The highest BCUT2D eigenvalue weighted by atomic mass is 35.5. The van der Waals surface area contributed by atoms with Crippen LogP contribution in [-0.2, 0) is 4.79 Å². The fraction of sp³-hybridized carbons (Fsp3) is 0.812. The van der Waals surface area contributed by atoms with Crippen molar-refractivity contribution in [2.75, 3.05) is 0 Å². The molecule has 0 radical (unpaired) electrons. The summed E-state index contributed by atoms with van der Waals surface area (Å²) < 4.78 is 0. The summed E-state index contributed by atoms with van der Waals surface area (Å²) >= 11 is 5.60. The molecule has 102 valence electrons. The van der Waals surface area contributed by atoms with Gasteiger partial charge in [0.05, 0.1) is 0 Å². The Kier molecular flexibility index (Phi) is 5.29. The predicted molar refractivity (Wildman–Crippen MR) is 76.6 cm³/mol. The number of halogens is 1. The lowest BCUT2D eigenvalue weighted by Gasteiger charge is -2.37. The second-order valence-electron chi connectivity index (χ2n) is 6.22. The van der Waals surface area contributed by atoms with E-state index in [4.69, 9.17) is 11.6 Å². The molecule has 0 unspecified atom stereocenters. The van der Waals surface area contributed by atoms with Gasteiger partial charge in [0.25, 0.3) is 0 Å². The Morgan fingerprint density at radius 3 is 1.94 bits per heavy atom. The summed E-state index contributed by atoms with van der Waals surface area (Å²) in [7, 11) is 0. The first-order valence-corrected chi connectivity index (χ1v) is 7.88. The molecule has 2 saturated carbocycles. The first-order valence-electron chi connectivity index (χ1n) is 7.51. The summed E-state index contributed by atoms with van der Waals surface area (Å²) in [6.45, 7) is 3.84. The van der Waals surface area contributed by atoms with Crippen LogP contribution in [0.5, 0.6) is 0 Å². The molecule has 0 aliphatic heterocycles. The molecule has 0 saturated heterocycles. The quantitative estimate of drug-likeness (QED) is 0.521. The lowest BCUT2D eigenvalue weighted by molar-refractivity contribution is -0.116. The van der Waals surface area contributed by atoms with Crippen LogP contribution in [0.1, 0.15) is 57.8 Å². The van der Waals surface area contributed by atoms with Crippen molar-refractivity contribution in [1.82, 2.24) is 0 Å². The van der Waals surface area contributed by atoms with E-state index in [1.165, 1.54) is 44.9 Å². The van der Waals surface area contributed by atoms with Gasteiger partial charge in [-0.1, -0.05) is 6.08 Å². The molecule has 1 nitrogen and oxygen atoms in total. The number of rotatable bonds is 4. The molecule has 2 aliphatic carbocycles. The van der Waals surface area contributed by atoms with Crippen LogP contribution in [0, 0.1) is 23.7 Å². The molecule has 0 aromatic carbocycles. The minimum atomic E-state index is -0.108. The van der Waals surface area contributed by atoms with E-state index in [-0.39, 0.29) is 11.2 Å². The molecule has 0 atom stereocenters. The van der Waals surface area contributed by atoms with E-state index in [0.29, 0.717) is 0 Å². The highest BCUT2D eigenvalue weighted by Crippen LogP contribution is 2.42. The average Bonchev–Trinajstić information content (AvgIpc) is 2.40. The third kappa shape index (κ3) is 3.60. The smallest absolute Gasteiger partial charge is 0.224 e. The third-order valence-corrected chi connectivity index (χ3v) is 5.46. The maximum atomic E-state index is 11.2. The van der Waals surface area contributed by atoms with Gasteiger partial charge < -0.3 is 0 Å².